The van der Waals surface area contributed by atoms with E-state index in [2.05, 4.69) is 22.3 Å². The fourth-order valence-corrected chi connectivity index (χ4v) is 6.14. The molecule has 2 aromatic heterocycles. The van der Waals surface area contributed by atoms with Gasteiger partial charge >= 0.3 is 0 Å². The summed E-state index contributed by atoms with van der Waals surface area (Å²) in [6.07, 6.45) is 8.22. The summed E-state index contributed by atoms with van der Waals surface area (Å²) in [5, 5.41) is 9.71. The van der Waals surface area contributed by atoms with Crippen molar-refractivity contribution in [2.24, 2.45) is 14.1 Å². The summed E-state index contributed by atoms with van der Waals surface area (Å²) >= 11 is 11.9. The van der Waals surface area contributed by atoms with Crippen molar-refractivity contribution in [1.29, 1.82) is 0 Å². The number of hydrogen-bond acceptors (Lipinski definition) is 6. The van der Waals surface area contributed by atoms with E-state index in [4.69, 9.17) is 23.2 Å². The van der Waals surface area contributed by atoms with Crippen LogP contribution in [0.1, 0.15) is 48.2 Å². The van der Waals surface area contributed by atoms with Crippen LogP contribution in [0.4, 0.5) is 0 Å². The molecule has 0 N–H and O–H groups in total. The molecule has 2 aliphatic heterocycles. The third-order valence-corrected chi connectivity index (χ3v) is 9.21. The normalized spacial score (nSPS) is 14.8. The lowest BCUT2D eigenvalue weighted by Gasteiger charge is -2.20. The molecule has 4 aromatic rings. The lowest BCUT2D eigenvalue weighted by Crippen LogP contribution is -2.34. The molecule has 260 valence electrons. The molecule has 50 heavy (non-hydrogen) atoms. The van der Waals surface area contributed by atoms with Gasteiger partial charge in [0.15, 0.2) is 0 Å². The van der Waals surface area contributed by atoms with Crippen LogP contribution in [0.3, 0.4) is 0 Å². The number of aryl methyl sites for hydroxylation is 2. The van der Waals surface area contributed by atoms with Crippen LogP contribution in [0.5, 0.6) is 0 Å². The highest BCUT2D eigenvalue weighted by Gasteiger charge is 2.19. The average Bonchev–Trinajstić information content (AvgIpc) is 3.51. The van der Waals surface area contributed by atoms with E-state index in [0.29, 0.717) is 31.0 Å². The van der Waals surface area contributed by atoms with Crippen molar-refractivity contribution in [3.8, 4) is 0 Å². The van der Waals surface area contributed by atoms with Gasteiger partial charge in [0.2, 0.25) is 11.8 Å². The van der Waals surface area contributed by atoms with E-state index in [1.807, 2.05) is 58.3 Å². The third kappa shape index (κ3) is 10.1. The molecule has 0 radical (unpaired) electrons. The highest BCUT2D eigenvalue weighted by Crippen LogP contribution is 2.25. The van der Waals surface area contributed by atoms with E-state index in [0.717, 1.165) is 53.4 Å². The number of carbonyl (C=O) groups excluding carboxylic acids is 2. The predicted molar refractivity (Wildman–Crippen MR) is 197 cm³/mol. The van der Waals surface area contributed by atoms with Crippen molar-refractivity contribution in [1.82, 2.24) is 29.4 Å². The molecule has 2 aliphatic rings. The molecule has 0 bridgehead atoms. The standard InChI is InChI=1S/2C19H20ClN3O2/c2*1-22-18(24)9-8-17(21-22)13-19(25)23-11-2-3-14(10-12-23)15-4-6-16(20)7-5-15/h4-10H,2-3,11-13H2,1H3;3-9H,2,10-13H2,1H3. The van der Waals surface area contributed by atoms with E-state index >= 15 is 0 Å². The first kappa shape index (κ1) is 36.5. The van der Waals surface area contributed by atoms with E-state index in [1.165, 1.54) is 32.6 Å². The number of benzene rings is 2. The maximum atomic E-state index is 12.6. The lowest BCUT2D eigenvalue weighted by molar-refractivity contribution is -0.131. The van der Waals surface area contributed by atoms with Crippen LogP contribution >= 0.6 is 23.2 Å². The first-order valence-corrected chi connectivity index (χ1v) is 17.3. The quantitative estimate of drug-likeness (QED) is 0.266. The minimum absolute atomic E-state index is 0.0276. The van der Waals surface area contributed by atoms with Crippen LogP contribution in [-0.4, -0.2) is 67.4 Å². The average molecular weight is 716 g/mol. The first-order valence-electron chi connectivity index (χ1n) is 16.6. The Labute approximate surface area is 301 Å². The number of halogens is 2. The molecule has 2 amide bonds. The van der Waals surface area contributed by atoms with Crippen molar-refractivity contribution in [3.05, 3.63) is 138 Å². The fraction of sp³-hybridized carbons (Fsp3) is 0.316. The van der Waals surface area contributed by atoms with Gasteiger partial charge in [-0.2, -0.15) is 10.2 Å². The Morgan fingerprint density at radius 1 is 0.620 bits per heavy atom. The van der Waals surface area contributed by atoms with Crippen LogP contribution < -0.4 is 11.1 Å². The van der Waals surface area contributed by atoms with Crippen LogP contribution in [0.2, 0.25) is 10.0 Å². The Hall–Kier alpha value is -4.80. The summed E-state index contributed by atoms with van der Waals surface area (Å²) in [4.78, 5) is 51.6. The van der Waals surface area contributed by atoms with Crippen LogP contribution in [-0.2, 0) is 36.5 Å². The Morgan fingerprint density at radius 2 is 1.12 bits per heavy atom. The zero-order valence-electron chi connectivity index (χ0n) is 28.2. The molecule has 0 fully saturated rings. The van der Waals surface area contributed by atoms with E-state index in [9.17, 15) is 19.2 Å². The van der Waals surface area contributed by atoms with Gasteiger partial charge in [-0.3, -0.25) is 19.2 Å². The highest BCUT2D eigenvalue weighted by molar-refractivity contribution is 6.30. The van der Waals surface area contributed by atoms with E-state index < -0.39 is 0 Å². The van der Waals surface area contributed by atoms with Gasteiger partial charge < -0.3 is 9.80 Å². The molecule has 0 saturated heterocycles. The van der Waals surface area contributed by atoms with Crippen molar-refractivity contribution in [3.63, 3.8) is 0 Å². The second-order valence-corrected chi connectivity index (χ2v) is 13.1. The summed E-state index contributed by atoms with van der Waals surface area (Å²) in [6, 6.07) is 21.7. The predicted octanol–water partition coefficient (Wildman–Crippen LogP) is 5.36. The van der Waals surface area contributed by atoms with Crippen LogP contribution in [0.15, 0.2) is 94.5 Å². The topological polar surface area (TPSA) is 110 Å². The molecule has 6 rings (SSSR count). The molecule has 12 heteroatoms. The van der Waals surface area contributed by atoms with Crippen LogP contribution in [0.25, 0.3) is 11.1 Å². The summed E-state index contributed by atoms with van der Waals surface area (Å²) in [5.41, 5.74) is 5.65. The molecule has 0 unspecified atom stereocenters. The van der Waals surface area contributed by atoms with Gasteiger partial charge in [-0.15, -0.1) is 0 Å². The van der Waals surface area contributed by atoms with Crippen molar-refractivity contribution < 1.29 is 9.59 Å². The monoisotopic (exact) mass is 714 g/mol. The zero-order chi connectivity index (χ0) is 35.6. The van der Waals surface area contributed by atoms with Crippen molar-refractivity contribution in [2.45, 2.75) is 38.5 Å². The molecule has 2 aromatic carbocycles. The third-order valence-electron chi connectivity index (χ3n) is 8.70. The molecular formula is C38H40Cl2N6O4. The Kier molecular flexibility index (Phi) is 12.6. The molecule has 0 aliphatic carbocycles. The van der Waals surface area contributed by atoms with Crippen molar-refractivity contribution in [2.75, 3.05) is 26.2 Å². The molecule has 0 spiro atoms. The summed E-state index contributed by atoms with van der Waals surface area (Å²) in [5.74, 6) is 0.0664. The SMILES string of the molecule is Cn1nc(CC(=O)N2CC=C(c3ccc(Cl)cc3)CCC2)ccc1=O.Cn1nc(CC(=O)N2CCC=C(c3ccc(Cl)cc3)CC2)ccc1=O. The Balaban J connectivity index is 0.000000194. The number of allylic oxidation sites excluding steroid dienone is 1. The Bertz CT molecular complexity index is 2000. The number of aromatic nitrogens is 4. The maximum absolute atomic E-state index is 12.6. The maximum Gasteiger partial charge on any atom is 0.266 e. The summed E-state index contributed by atoms with van der Waals surface area (Å²) in [7, 11) is 3.17. The second-order valence-electron chi connectivity index (χ2n) is 12.3. The number of carbonyl (C=O) groups is 2. The van der Waals surface area contributed by atoms with Gasteiger partial charge in [-0.25, -0.2) is 9.36 Å². The number of rotatable bonds is 6. The lowest BCUT2D eigenvalue weighted by atomic mass is 10.0. The first-order chi connectivity index (χ1) is 24.0. The Morgan fingerprint density at radius 3 is 1.64 bits per heavy atom. The zero-order valence-corrected chi connectivity index (χ0v) is 29.7. The number of nitrogens with zero attached hydrogens (tertiary/aromatic N) is 6. The van der Waals surface area contributed by atoms with Gasteiger partial charge in [0.05, 0.1) is 24.2 Å². The van der Waals surface area contributed by atoms with E-state index in [-0.39, 0.29) is 35.8 Å². The summed E-state index contributed by atoms with van der Waals surface area (Å²) in [6.45, 7) is 2.68. The van der Waals surface area contributed by atoms with Gasteiger partial charge in [0.25, 0.3) is 11.1 Å². The molecule has 10 nitrogen and oxygen atoms in total. The van der Waals surface area contributed by atoms with E-state index in [1.54, 1.807) is 26.2 Å². The minimum atomic E-state index is -0.179. The summed E-state index contributed by atoms with van der Waals surface area (Å²) < 4.78 is 2.51. The molecular weight excluding hydrogens is 675 g/mol. The molecule has 0 atom stereocenters. The smallest absolute Gasteiger partial charge is 0.266 e. The van der Waals surface area contributed by atoms with Gasteiger partial charge in [-0.1, -0.05) is 59.6 Å². The molecule has 0 saturated carbocycles. The van der Waals surface area contributed by atoms with Gasteiger partial charge in [0, 0.05) is 62.5 Å². The second kappa shape index (κ2) is 17.2. The minimum Gasteiger partial charge on any atom is -0.342 e. The number of hydrogen-bond donors (Lipinski definition) is 0. The highest BCUT2D eigenvalue weighted by atomic mass is 35.5. The van der Waals surface area contributed by atoms with Gasteiger partial charge in [-0.05, 0) is 84.4 Å². The fourth-order valence-electron chi connectivity index (χ4n) is 5.89. The van der Waals surface area contributed by atoms with Gasteiger partial charge in [0.1, 0.15) is 0 Å². The van der Waals surface area contributed by atoms with Crippen LogP contribution in [0, 0.1) is 0 Å². The largest absolute Gasteiger partial charge is 0.342 e. The molecule has 4 heterocycles. The number of amides is 2. The van der Waals surface area contributed by atoms with Crippen molar-refractivity contribution >= 4 is 46.2 Å².